The SMILES string of the molecule is O=C1N(CCO)CCCC12CCCN2Cc1cc(F)ccc1C(F)(F)F. The number of carbonyl (C=O) groups excluding carboxylic acids is 1. The van der Waals surface area contributed by atoms with Gasteiger partial charge in [-0.1, -0.05) is 0 Å². The molecule has 2 saturated heterocycles. The maximum absolute atomic E-state index is 13.6. The van der Waals surface area contributed by atoms with Crippen LogP contribution in [-0.4, -0.2) is 52.6 Å². The van der Waals surface area contributed by atoms with E-state index in [4.69, 9.17) is 5.11 Å². The molecule has 1 atom stereocenters. The van der Waals surface area contributed by atoms with E-state index in [-0.39, 0.29) is 31.2 Å². The molecule has 1 unspecified atom stereocenters. The summed E-state index contributed by atoms with van der Waals surface area (Å²) in [6, 6.07) is 2.47. The van der Waals surface area contributed by atoms with Gasteiger partial charge in [-0.15, -0.1) is 0 Å². The van der Waals surface area contributed by atoms with Gasteiger partial charge in [-0.2, -0.15) is 13.2 Å². The van der Waals surface area contributed by atoms with Crippen LogP contribution in [0.25, 0.3) is 0 Å². The number of hydrogen-bond donors (Lipinski definition) is 1. The summed E-state index contributed by atoms with van der Waals surface area (Å²) >= 11 is 0. The first-order valence-electron chi connectivity index (χ1n) is 8.79. The molecule has 1 aromatic carbocycles. The van der Waals surface area contributed by atoms with Crippen LogP contribution in [0.2, 0.25) is 0 Å². The first kappa shape index (κ1) is 19.1. The van der Waals surface area contributed by atoms with Gasteiger partial charge in [0.15, 0.2) is 0 Å². The van der Waals surface area contributed by atoms with Crippen molar-refractivity contribution in [2.24, 2.45) is 0 Å². The number of amides is 1. The van der Waals surface area contributed by atoms with Crippen molar-refractivity contribution in [2.75, 3.05) is 26.2 Å². The van der Waals surface area contributed by atoms with E-state index in [0.717, 1.165) is 24.6 Å². The minimum Gasteiger partial charge on any atom is -0.395 e. The highest BCUT2D eigenvalue weighted by Crippen LogP contribution is 2.41. The number of aliphatic hydroxyl groups is 1. The third-order valence-electron chi connectivity index (χ3n) is 5.43. The normalized spacial score (nSPS) is 24.7. The molecule has 0 aliphatic carbocycles. The molecule has 1 aromatic rings. The predicted octanol–water partition coefficient (Wildman–Crippen LogP) is 2.79. The van der Waals surface area contributed by atoms with Crippen LogP contribution in [0.5, 0.6) is 0 Å². The molecule has 2 heterocycles. The number of rotatable bonds is 4. The van der Waals surface area contributed by atoms with Gasteiger partial charge in [0.1, 0.15) is 11.4 Å². The van der Waals surface area contributed by atoms with Crippen molar-refractivity contribution in [2.45, 2.75) is 43.9 Å². The number of likely N-dealkylation sites (tertiary alicyclic amines) is 2. The van der Waals surface area contributed by atoms with Crippen LogP contribution in [0, 0.1) is 5.82 Å². The van der Waals surface area contributed by atoms with Gasteiger partial charge < -0.3 is 10.0 Å². The number of hydrogen-bond acceptors (Lipinski definition) is 3. The number of aliphatic hydroxyl groups excluding tert-OH is 1. The van der Waals surface area contributed by atoms with Crippen molar-refractivity contribution in [1.29, 1.82) is 0 Å². The summed E-state index contributed by atoms with van der Waals surface area (Å²) in [4.78, 5) is 16.3. The molecular weight excluding hydrogens is 352 g/mol. The summed E-state index contributed by atoms with van der Waals surface area (Å²) in [7, 11) is 0. The van der Waals surface area contributed by atoms with Gasteiger partial charge in [-0.25, -0.2) is 4.39 Å². The van der Waals surface area contributed by atoms with Crippen LogP contribution in [0.1, 0.15) is 36.8 Å². The molecule has 0 saturated carbocycles. The van der Waals surface area contributed by atoms with E-state index >= 15 is 0 Å². The zero-order valence-corrected chi connectivity index (χ0v) is 14.4. The second kappa shape index (κ2) is 7.15. The Balaban J connectivity index is 1.90. The summed E-state index contributed by atoms with van der Waals surface area (Å²) in [5.41, 5.74) is -1.86. The zero-order valence-electron chi connectivity index (χ0n) is 14.4. The minimum atomic E-state index is -4.57. The zero-order chi connectivity index (χ0) is 18.9. The molecule has 3 rings (SSSR count). The average molecular weight is 374 g/mol. The van der Waals surface area contributed by atoms with E-state index in [2.05, 4.69) is 0 Å². The molecule has 8 heteroatoms. The number of β-amino-alcohol motifs (C(OH)–C–C–N with tert-alkyl or cyclic N) is 1. The lowest BCUT2D eigenvalue weighted by Gasteiger charge is -2.44. The van der Waals surface area contributed by atoms with E-state index in [1.807, 2.05) is 0 Å². The Morgan fingerprint density at radius 2 is 1.85 bits per heavy atom. The van der Waals surface area contributed by atoms with Crippen LogP contribution in [0.3, 0.4) is 0 Å². The van der Waals surface area contributed by atoms with Crippen molar-refractivity contribution in [3.05, 3.63) is 35.1 Å². The molecule has 1 spiro atoms. The second-order valence-corrected chi connectivity index (χ2v) is 6.98. The van der Waals surface area contributed by atoms with Crippen LogP contribution in [0.4, 0.5) is 17.6 Å². The number of nitrogens with zero attached hydrogens (tertiary/aromatic N) is 2. The van der Waals surface area contributed by atoms with E-state index < -0.39 is 23.1 Å². The summed E-state index contributed by atoms with van der Waals surface area (Å²) in [5, 5.41) is 9.15. The number of carbonyl (C=O) groups is 1. The van der Waals surface area contributed by atoms with Crippen LogP contribution < -0.4 is 0 Å². The van der Waals surface area contributed by atoms with Gasteiger partial charge in [0.05, 0.1) is 12.2 Å². The highest BCUT2D eigenvalue weighted by molar-refractivity contribution is 5.87. The highest BCUT2D eigenvalue weighted by Gasteiger charge is 2.51. The Labute approximate surface area is 149 Å². The van der Waals surface area contributed by atoms with Crippen molar-refractivity contribution in [1.82, 2.24) is 9.80 Å². The van der Waals surface area contributed by atoms with Crippen molar-refractivity contribution < 1.29 is 27.5 Å². The summed E-state index contributed by atoms with van der Waals surface area (Å²) < 4.78 is 53.4. The maximum Gasteiger partial charge on any atom is 0.416 e. The maximum atomic E-state index is 13.6. The van der Waals surface area contributed by atoms with Crippen LogP contribution in [0.15, 0.2) is 18.2 Å². The third kappa shape index (κ3) is 3.44. The molecule has 0 aromatic heterocycles. The standard InChI is InChI=1S/C18H22F4N2O2/c19-14-3-4-15(18(20,21)22)13(11-14)12-24-8-2-6-17(24)5-1-7-23(9-10-25)16(17)26/h3-4,11,25H,1-2,5-10,12H2. The van der Waals surface area contributed by atoms with Crippen molar-refractivity contribution in [3.8, 4) is 0 Å². The third-order valence-corrected chi connectivity index (χ3v) is 5.43. The number of alkyl halides is 3. The molecule has 0 radical (unpaired) electrons. The van der Waals surface area contributed by atoms with E-state index in [0.29, 0.717) is 32.4 Å². The molecule has 144 valence electrons. The van der Waals surface area contributed by atoms with Gasteiger partial charge in [0, 0.05) is 19.6 Å². The fourth-order valence-electron chi connectivity index (χ4n) is 4.26. The van der Waals surface area contributed by atoms with E-state index in [1.54, 1.807) is 9.80 Å². The topological polar surface area (TPSA) is 43.8 Å². The minimum absolute atomic E-state index is 0.120. The molecule has 1 amide bonds. The Morgan fingerprint density at radius 1 is 1.15 bits per heavy atom. The Morgan fingerprint density at radius 3 is 2.50 bits per heavy atom. The fourth-order valence-corrected chi connectivity index (χ4v) is 4.26. The van der Waals surface area contributed by atoms with E-state index in [9.17, 15) is 22.4 Å². The van der Waals surface area contributed by atoms with Crippen molar-refractivity contribution in [3.63, 3.8) is 0 Å². The summed E-state index contributed by atoms with van der Waals surface area (Å²) in [6.07, 6.45) is -1.99. The molecular formula is C18H22F4N2O2. The predicted molar refractivity (Wildman–Crippen MR) is 86.7 cm³/mol. The second-order valence-electron chi connectivity index (χ2n) is 6.98. The lowest BCUT2D eigenvalue weighted by atomic mass is 9.85. The Bertz CT molecular complexity index is 678. The lowest BCUT2D eigenvalue weighted by Crippen LogP contribution is -2.60. The van der Waals surface area contributed by atoms with Crippen LogP contribution in [-0.2, 0) is 17.5 Å². The molecule has 26 heavy (non-hydrogen) atoms. The smallest absolute Gasteiger partial charge is 0.395 e. The van der Waals surface area contributed by atoms with Gasteiger partial charge in [-0.3, -0.25) is 9.69 Å². The average Bonchev–Trinajstić information content (AvgIpc) is 2.94. The van der Waals surface area contributed by atoms with E-state index in [1.165, 1.54) is 0 Å². The first-order valence-corrected chi connectivity index (χ1v) is 8.79. The number of piperidine rings is 1. The molecule has 2 aliphatic rings. The van der Waals surface area contributed by atoms with Gasteiger partial charge in [0.2, 0.25) is 5.91 Å². The fraction of sp³-hybridized carbons (Fsp3) is 0.611. The molecule has 0 bridgehead atoms. The Kier molecular flexibility index (Phi) is 5.25. The van der Waals surface area contributed by atoms with Crippen molar-refractivity contribution >= 4 is 5.91 Å². The van der Waals surface area contributed by atoms with Gasteiger partial charge in [-0.05, 0) is 56.0 Å². The summed E-state index contributed by atoms with van der Waals surface area (Å²) in [5.74, 6) is -0.863. The summed E-state index contributed by atoms with van der Waals surface area (Å²) in [6.45, 7) is 0.993. The Hall–Kier alpha value is -1.67. The van der Waals surface area contributed by atoms with Crippen LogP contribution >= 0.6 is 0 Å². The largest absolute Gasteiger partial charge is 0.416 e. The number of halogens is 4. The highest BCUT2D eigenvalue weighted by atomic mass is 19.4. The van der Waals surface area contributed by atoms with Gasteiger partial charge in [0.25, 0.3) is 0 Å². The molecule has 4 nitrogen and oxygen atoms in total. The molecule has 1 N–H and O–H groups in total. The number of benzene rings is 1. The first-order chi connectivity index (χ1) is 12.3. The quantitative estimate of drug-likeness (QED) is 0.825. The lowest BCUT2D eigenvalue weighted by molar-refractivity contribution is -0.148. The molecule has 2 aliphatic heterocycles. The monoisotopic (exact) mass is 374 g/mol. The molecule has 2 fully saturated rings. The van der Waals surface area contributed by atoms with Gasteiger partial charge >= 0.3 is 6.18 Å².